The number of hydrogen-bond acceptors (Lipinski definition) is 1. The van der Waals surface area contributed by atoms with Gasteiger partial charge in [-0.15, -0.1) is 0 Å². The molecule has 0 radical (unpaired) electrons. The number of carbonyl (C=O) groups is 1. The predicted octanol–water partition coefficient (Wildman–Crippen LogP) is 2.65. The highest BCUT2D eigenvalue weighted by Gasteiger charge is 2.50. The summed E-state index contributed by atoms with van der Waals surface area (Å²) in [5.41, 5.74) is 0. The van der Waals surface area contributed by atoms with Crippen LogP contribution < -0.4 is 0 Å². The fourth-order valence-corrected chi connectivity index (χ4v) is 4.19. The molecule has 0 aromatic heterocycles. The van der Waals surface area contributed by atoms with Crippen molar-refractivity contribution in [2.45, 2.75) is 39.0 Å². The van der Waals surface area contributed by atoms with Crippen LogP contribution in [0.15, 0.2) is 0 Å². The smallest absolute Gasteiger partial charge is 0.136 e. The molecule has 0 N–H and O–H groups in total. The van der Waals surface area contributed by atoms with Crippen molar-refractivity contribution in [1.29, 1.82) is 0 Å². The number of fused-ring (bicyclic) bond motifs is 5. The van der Waals surface area contributed by atoms with Gasteiger partial charge in [0.1, 0.15) is 5.78 Å². The molecule has 0 aromatic rings. The summed E-state index contributed by atoms with van der Waals surface area (Å²) in [6, 6.07) is 0. The molecule has 0 aliphatic heterocycles. The van der Waals surface area contributed by atoms with Gasteiger partial charge in [-0.1, -0.05) is 6.92 Å². The third kappa shape index (κ3) is 1.02. The van der Waals surface area contributed by atoms with Crippen molar-refractivity contribution in [2.75, 3.05) is 0 Å². The van der Waals surface area contributed by atoms with E-state index in [0.29, 0.717) is 11.7 Å². The highest BCUT2D eigenvalue weighted by Crippen LogP contribution is 2.57. The lowest BCUT2D eigenvalue weighted by Crippen LogP contribution is -2.34. The van der Waals surface area contributed by atoms with Gasteiger partial charge in [0.15, 0.2) is 0 Å². The molecular formula is C12H18O. The average molecular weight is 178 g/mol. The largest absolute Gasteiger partial charge is 0.299 e. The molecule has 3 rings (SSSR count). The molecule has 0 saturated heterocycles. The van der Waals surface area contributed by atoms with Crippen molar-refractivity contribution in [2.24, 2.45) is 29.6 Å². The van der Waals surface area contributed by atoms with E-state index in [0.717, 1.165) is 30.1 Å². The van der Waals surface area contributed by atoms with Gasteiger partial charge in [-0.25, -0.2) is 0 Å². The molecule has 3 aliphatic carbocycles. The van der Waals surface area contributed by atoms with Gasteiger partial charge in [-0.2, -0.15) is 0 Å². The number of ketones is 1. The van der Waals surface area contributed by atoms with Crippen molar-refractivity contribution in [1.82, 2.24) is 0 Å². The van der Waals surface area contributed by atoms with Gasteiger partial charge in [0.05, 0.1) is 0 Å². The zero-order chi connectivity index (χ0) is 9.00. The summed E-state index contributed by atoms with van der Waals surface area (Å²) in [7, 11) is 0. The zero-order valence-electron chi connectivity index (χ0n) is 8.33. The van der Waals surface area contributed by atoms with Gasteiger partial charge >= 0.3 is 0 Å². The summed E-state index contributed by atoms with van der Waals surface area (Å²) in [6.07, 6.45) is 6.48. The minimum atomic E-state index is 0.376. The van der Waals surface area contributed by atoms with Gasteiger partial charge in [0, 0.05) is 12.3 Å². The molecule has 2 bridgehead atoms. The molecule has 5 atom stereocenters. The third-order valence-electron chi connectivity index (χ3n) is 4.89. The Morgan fingerprint density at radius 1 is 1.08 bits per heavy atom. The highest BCUT2D eigenvalue weighted by molar-refractivity contribution is 5.81. The monoisotopic (exact) mass is 178 g/mol. The van der Waals surface area contributed by atoms with Crippen LogP contribution in [0.25, 0.3) is 0 Å². The molecule has 1 heteroatoms. The van der Waals surface area contributed by atoms with Crippen molar-refractivity contribution >= 4 is 5.78 Å². The van der Waals surface area contributed by atoms with E-state index in [4.69, 9.17) is 0 Å². The SMILES string of the molecule is C[C@@H]1C[C@@H]2[C@@H]3CC[C@H](C3)[C@@H]2CC1=O. The molecular weight excluding hydrogens is 160 g/mol. The molecule has 3 fully saturated rings. The molecule has 0 unspecified atom stereocenters. The maximum absolute atomic E-state index is 11.6. The Hall–Kier alpha value is -0.330. The van der Waals surface area contributed by atoms with Crippen LogP contribution in [0.2, 0.25) is 0 Å². The second kappa shape index (κ2) is 2.59. The van der Waals surface area contributed by atoms with Crippen molar-refractivity contribution in [3.05, 3.63) is 0 Å². The Morgan fingerprint density at radius 2 is 1.77 bits per heavy atom. The molecule has 0 amide bonds. The summed E-state index contributed by atoms with van der Waals surface area (Å²) < 4.78 is 0. The standard InChI is InChI=1S/C12H18O/c1-7-4-10-8-2-3-9(5-8)11(10)6-12(7)13/h7-11H,2-6H2,1H3/t7-,8-,9-,10-,11+/m1/s1. The molecule has 13 heavy (non-hydrogen) atoms. The third-order valence-corrected chi connectivity index (χ3v) is 4.89. The Labute approximate surface area is 79.9 Å². The Bertz CT molecular complexity index is 246. The minimum Gasteiger partial charge on any atom is -0.299 e. The number of hydrogen-bond donors (Lipinski definition) is 0. The molecule has 0 aromatic carbocycles. The molecule has 1 nitrogen and oxygen atoms in total. The van der Waals surface area contributed by atoms with E-state index in [9.17, 15) is 4.79 Å². The van der Waals surface area contributed by atoms with E-state index in [-0.39, 0.29) is 0 Å². The first-order valence-corrected chi connectivity index (χ1v) is 5.78. The number of carbonyl (C=O) groups excluding carboxylic acids is 1. The van der Waals surface area contributed by atoms with Gasteiger partial charge in [0.2, 0.25) is 0 Å². The fraction of sp³-hybridized carbons (Fsp3) is 0.917. The average Bonchev–Trinajstić information content (AvgIpc) is 2.67. The second-order valence-corrected chi connectivity index (χ2v) is 5.47. The quantitative estimate of drug-likeness (QED) is 0.557. The summed E-state index contributed by atoms with van der Waals surface area (Å²) in [4.78, 5) is 11.6. The van der Waals surface area contributed by atoms with E-state index in [1.165, 1.54) is 25.7 Å². The van der Waals surface area contributed by atoms with Crippen LogP contribution in [-0.2, 0) is 4.79 Å². The Balaban J connectivity index is 1.84. The Kier molecular flexibility index (Phi) is 1.59. The van der Waals surface area contributed by atoms with E-state index in [1.54, 1.807) is 0 Å². The molecule has 0 spiro atoms. The van der Waals surface area contributed by atoms with Crippen LogP contribution in [-0.4, -0.2) is 5.78 Å². The first-order chi connectivity index (χ1) is 6.25. The summed E-state index contributed by atoms with van der Waals surface area (Å²) in [5, 5.41) is 0. The summed E-state index contributed by atoms with van der Waals surface area (Å²) >= 11 is 0. The second-order valence-electron chi connectivity index (χ2n) is 5.47. The highest BCUT2D eigenvalue weighted by atomic mass is 16.1. The van der Waals surface area contributed by atoms with Gasteiger partial charge in [-0.05, 0) is 49.4 Å². The van der Waals surface area contributed by atoms with E-state index >= 15 is 0 Å². The van der Waals surface area contributed by atoms with Gasteiger partial charge in [0.25, 0.3) is 0 Å². The predicted molar refractivity (Wildman–Crippen MR) is 51.2 cm³/mol. The lowest BCUT2D eigenvalue weighted by atomic mass is 9.67. The lowest BCUT2D eigenvalue weighted by Gasteiger charge is -2.36. The van der Waals surface area contributed by atoms with Gasteiger partial charge < -0.3 is 0 Å². The van der Waals surface area contributed by atoms with Crippen molar-refractivity contribution in [3.63, 3.8) is 0 Å². The van der Waals surface area contributed by atoms with Gasteiger partial charge in [-0.3, -0.25) is 4.79 Å². The van der Waals surface area contributed by atoms with Crippen LogP contribution in [0.5, 0.6) is 0 Å². The van der Waals surface area contributed by atoms with Crippen LogP contribution >= 0.6 is 0 Å². The topological polar surface area (TPSA) is 17.1 Å². The van der Waals surface area contributed by atoms with Crippen LogP contribution in [0.4, 0.5) is 0 Å². The fourth-order valence-electron chi connectivity index (χ4n) is 4.19. The zero-order valence-corrected chi connectivity index (χ0v) is 8.33. The number of Topliss-reactive ketones (excluding diaryl/α,β-unsaturated/α-hetero) is 1. The molecule has 3 saturated carbocycles. The summed E-state index contributed by atoms with van der Waals surface area (Å²) in [6.45, 7) is 2.13. The summed E-state index contributed by atoms with van der Waals surface area (Å²) in [5.74, 6) is 4.61. The van der Waals surface area contributed by atoms with E-state index < -0.39 is 0 Å². The number of rotatable bonds is 0. The normalized spacial score (nSPS) is 53.9. The maximum atomic E-state index is 11.6. The molecule has 3 aliphatic rings. The van der Waals surface area contributed by atoms with E-state index in [2.05, 4.69) is 6.92 Å². The van der Waals surface area contributed by atoms with Crippen molar-refractivity contribution < 1.29 is 4.79 Å². The first kappa shape index (κ1) is 8.02. The minimum absolute atomic E-state index is 0.376. The molecule has 72 valence electrons. The lowest BCUT2D eigenvalue weighted by molar-refractivity contribution is -0.127. The van der Waals surface area contributed by atoms with Crippen LogP contribution in [0.1, 0.15) is 39.0 Å². The van der Waals surface area contributed by atoms with E-state index in [1.807, 2.05) is 0 Å². The first-order valence-electron chi connectivity index (χ1n) is 5.78. The van der Waals surface area contributed by atoms with Crippen LogP contribution in [0, 0.1) is 29.6 Å². The van der Waals surface area contributed by atoms with Crippen LogP contribution in [0.3, 0.4) is 0 Å². The van der Waals surface area contributed by atoms with Crippen molar-refractivity contribution in [3.8, 4) is 0 Å². The molecule has 0 heterocycles. The maximum Gasteiger partial charge on any atom is 0.136 e. The Morgan fingerprint density at radius 3 is 2.54 bits per heavy atom.